The third kappa shape index (κ3) is 2.77. The molecule has 5 nitrogen and oxygen atoms in total. The highest BCUT2D eigenvalue weighted by Crippen LogP contribution is 2.38. The van der Waals surface area contributed by atoms with Gasteiger partial charge in [-0.3, -0.25) is 10.1 Å². The molecule has 1 aliphatic rings. The average molecular weight is 337 g/mol. The molecule has 0 spiro atoms. The number of benzene rings is 2. The van der Waals surface area contributed by atoms with E-state index in [-0.39, 0.29) is 11.8 Å². The molecule has 22 heavy (non-hydrogen) atoms. The summed E-state index contributed by atoms with van der Waals surface area (Å²) in [7, 11) is 0. The molecular weight excluding hydrogens is 327 g/mol. The molecule has 0 N–H and O–H groups in total. The van der Waals surface area contributed by atoms with Crippen molar-refractivity contribution < 1.29 is 9.76 Å². The van der Waals surface area contributed by atoms with Gasteiger partial charge in [-0.1, -0.05) is 34.4 Å². The van der Waals surface area contributed by atoms with Crippen LogP contribution >= 0.6 is 23.2 Å². The van der Waals surface area contributed by atoms with Gasteiger partial charge in [0.05, 0.1) is 10.6 Å². The van der Waals surface area contributed by atoms with E-state index in [0.29, 0.717) is 27.7 Å². The van der Waals surface area contributed by atoms with Crippen molar-refractivity contribution in [3.05, 3.63) is 73.8 Å². The first-order valence-electron chi connectivity index (χ1n) is 6.47. The van der Waals surface area contributed by atoms with Gasteiger partial charge in [-0.15, -0.1) is 0 Å². The Morgan fingerprint density at radius 1 is 1.14 bits per heavy atom. The van der Waals surface area contributed by atoms with Crippen molar-refractivity contribution in [2.24, 2.45) is 5.16 Å². The van der Waals surface area contributed by atoms with Gasteiger partial charge in [-0.25, -0.2) is 0 Å². The van der Waals surface area contributed by atoms with E-state index in [9.17, 15) is 10.1 Å². The minimum Gasteiger partial charge on any atom is -0.387 e. The Hall–Kier alpha value is -2.11. The molecule has 0 aromatic heterocycles. The summed E-state index contributed by atoms with van der Waals surface area (Å²) in [4.78, 5) is 15.7. The van der Waals surface area contributed by atoms with E-state index in [1.165, 1.54) is 12.1 Å². The highest BCUT2D eigenvalue weighted by atomic mass is 35.5. The van der Waals surface area contributed by atoms with Crippen LogP contribution in [0.1, 0.15) is 23.7 Å². The van der Waals surface area contributed by atoms with Crippen molar-refractivity contribution in [1.82, 2.24) is 0 Å². The molecule has 0 amide bonds. The molecule has 3 rings (SSSR count). The fourth-order valence-electron chi connectivity index (χ4n) is 2.30. The Morgan fingerprint density at radius 3 is 2.36 bits per heavy atom. The van der Waals surface area contributed by atoms with Gasteiger partial charge in [0.15, 0.2) is 6.10 Å². The van der Waals surface area contributed by atoms with Gasteiger partial charge in [0.25, 0.3) is 5.69 Å². The van der Waals surface area contributed by atoms with Gasteiger partial charge >= 0.3 is 0 Å². The number of hydrogen-bond donors (Lipinski definition) is 0. The Bertz CT molecular complexity index is 740. The van der Waals surface area contributed by atoms with Gasteiger partial charge in [0.1, 0.15) is 0 Å². The molecule has 0 aliphatic carbocycles. The number of nitro groups is 1. The van der Waals surface area contributed by atoms with Crippen LogP contribution in [0.4, 0.5) is 5.69 Å². The third-order valence-corrected chi connectivity index (χ3v) is 4.06. The van der Waals surface area contributed by atoms with E-state index in [0.717, 1.165) is 5.56 Å². The van der Waals surface area contributed by atoms with Crippen LogP contribution in [0, 0.1) is 10.1 Å². The largest absolute Gasteiger partial charge is 0.387 e. The number of hydrogen-bond acceptors (Lipinski definition) is 4. The molecule has 112 valence electrons. The zero-order chi connectivity index (χ0) is 15.7. The smallest absolute Gasteiger partial charge is 0.269 e. The molecule has 2 aromatic carbocycles. The van der Waals surface area contributed by atoms with E-state index in [1.54, 1.807) is 30.3 Å². The lowest BCUT2D eigenvalue weighted by molar-refractivity contribution is -0.384. The van der Waals surface area contributed by atoms with Crippen LogP contribution in [0.2, 0.25) is 10.0 Å². The molecule has 1 unspecified atom stereocenters. The van der Waals surface area contributed by atoms with Crippen LogP contribution in [0.5, 0.6) is 0 Å². The van der Waals surface area contributed by atoms with Crippen molar-refractivity contribution in [3.8, 4) is 0 Å². The number of rotatable bonds is 3. The summed E-state index contributed by atoms with van der Waals surface area (Å²) in [6.07, 6.45) is 0.146. The van der Waals surface area contributed by atoms with E-state index in [4.69, 9.17) is 28.0 Å². The van der Waals surface area contributed by atoms with Crippen molar-refractivity contribution in [3.63, 3.8) is 0 Å². The molecule has 1 heterocycles. The predicted molar refractivity (Wildman–Crippen MR) is 84.5 cm³/mol. The van der Waals surface area contributed by atoms with Crippen molar-refractivity contribution in [2.45, 2.75) is 12.5 Å². The van der Waals surface area contributed by atoms with E-state index in [1.807, 2.05) is 0 Å². The van der Waals surface area contributed by atoms with Gasteiger partial charge in [-0.05, 0) is 29.8 Å². The van der Waals surface area contributed by atoms with Crippen LogP contribution in [-0.2, 0) is 4.84 Å². The Balaban J connectivity index is 1.81. The molecular formula is C15H10Cl2N2O3. The fraction of sp³-hybridized carbons (Fsp3) is 0.133. The van der Waals surface area contributed by atoms with Crippen molar-refractivity contribution in [2.75, 3.05) is 0 Å². The molecule has 1 aliphatic heterocycles. The molecule has 0 fully saturated rings. The van der Waals surface area contributed by atoms with Gasteiger partial charge in [-0.2, -0.15) is 0 Å². The quantitative estimate of drug-likeness (QED) is 0.599. The molecule has 7 heteroatoms. The number of halogens is 2. The van der Waals surface area contributed by atoms with Crippen LogP contribution < -0.4 is 0 Å². The summed E-state index contributed by atoms with van der Waals surface area (Å²) in [5.74, 6) is 0. The standard InChI is InChI=1S/C15H10Cl2N2O3/c16-11-2-1-3-12(17)15(11)14-8-13(18-22-14)9-4-6-10(7-5-9)19(20)21/h1-7,14H,8H2. The zero-order valence-electron chi connectivity index (χ0n) is 11.2. The monoisotopic (exact) mass is 336 g/mol. The number of non-ortho nitro benzene ring substituents is 1. The van der Waals surface area contributed by atoms with Crippen LogP contribution in [0.25, 0.3) is 0 Å². The van der Waals surface area contributed by atoms with Crippen LogP contribution in [0.15, 0.2) is 47.6 Å². The molecule has 1 atom stereocenters. The summed E-state index contributed by atoms with van der Waals surface area (Å²) in [6, 6.07) is 11.4. The molecule has 0 bridgehead atoms. The zero-order valence-corrected chi connectivity index (χ0v) is 12.7. The summed E-state index contributed by atoms with van der Waals surface area (Å²) in [5, 5.41) is 15.8. The SMILES string of the molecule is O=[N+]([O-])c1ccc(C2=NOC(c3c(Cl)cccc3Cl)C2)cc1. The lowest BCUT2D eigenvalue weighted by Gasteiger charge is -2.12. The lowest BCUT2D eigenvalue weighted by atomic mass is 10.00. The molecule has 0 saturated heterocycles. The Labute approximate surface area is 136 Å². The van der Waals surface area contributed by atoms with Crippen LogP contribution in [-0.4, -0.2) is 10.6 Å². The highest BCUT2D eigenvalue weighted by Gasteiger charge is 2.27. The van der Waals surface area contributed by atoms with E-state index >= 15 is 0 Å². The van der Waals surface area contributed by atoms with E-state index in [2.05, 4.69) is 5.16 Å². The Morgan fingerprint density at radius 2 is 1.77 bits per heavy atom. The lowest BCUT2D eigenvalue weighted by Crippen LogP contribution is -2.03. The first-order chi connectivity index (χ1) is 10.6. The summed E-state index contributed by atoms with van der Waals surface area (Å²) >= 11 is 12.3. The van der Waals surface area contributed by atoms with Crippen molar-refractivity contribution in [1.29, 1.82) is 0 Å². The maximum atomic E-state index is 10.7. The number of nitro benzene ring substituents is 1. The average Bonchev–Trinajstić information content (AvgIpc) is 2.97. The van der Waals surface area contributed by atoms with E-state index < -0.39 is 4.92 Å². The van der Waals surface area contributed by atoms with Gasteiger partial charge in [0, 0.05) is 34.2 Å². The fourth-order valence-corrected chi connectivity index (χ4v) is 2.94. The minimum absolute atomic E-state index is 0.0361. The first kappa shape index (κ1) is 14.8. The van der Waals surface area contributed by atoms with Crippen LogP contribution in [0.3, 0.4) is 0 Å². The second kappa shape index (κ2) is 5.94. The number of oxime groups is 1. The second-order valence-electron chi connectivity index (χ2n) is 4.78. The van der Waals surface area contributed by atoms with Crippen molar-refractivity contribution >= 4 is 34.6 Å². The molecule has 0 saturated carbocycles. The maximum Gasteiger partial charge on any atom is 0.269 e. The minimum atomic E-state index is -0.441. The highest BCUT2D eigenvalue weighted by molar-refractivity contribution is 6.36. The van der Waals surface area contributed by atoms with Gasteiger partial charge < -0.3 is 4.84 Å². The first-order valence-corrected chi connectivity index (χ1v) is 7.23. The molecule has 0 radical (unpaired) electrons. The molecule has 2 aromatic rings. The maximum absolute atomic E-state index is 10.7. The summed E-state index contributed by atoms with van der Waals surface area (Å²) < 4.78 is 0. The normalized spacial score (nSPS) is 17.0. The Kier molecular flexibility index (Phi) is 4.00. The summed E-state index contributed by atoms with van der Waals surface area (Å²) in [6.45, 7) is 0. The van der Waals surface area contributed by atoms with Gasteiger partial charge in [0.2, 0.25) is 0 Å². The third-order valence-electron chi connectivity index (χ3n) is 3.40. The second-order valence-corrected chi connectivity index (χ2v) is 5.59. The predicted octanol–water partition coefficient (Wildman–Crippen LogP) is 4.77. The number of nitrogens with zero attached hydrogens (tertiary/aromatic N) is 2. The summed E-state index contributed by atoms with van der Waals surface area (Å²) in [5.41, 5.74) is 2.22. The topological polar surface area (TPSA) is 64.7 Å².